The van der Waals surface area contributed by atoms with Crippen LogP contribution in [0, 0.1) is 0 Å². The predicted molar refractivity (Wildman–Crippen MR) is 81.9 cm³/mol. The van der Waals surface area contributed by atoms with E-state index in [2.05, 4.69) is 12.2 Å². The smallest absolute Gasteiger partial charge is 0.304 e. The maximum Gasteiger partial charge on any atom is 0.304 e. The summed E-state index contributed by atoms with van der Waals surface area (Å²) in [6.07, 6.45) is 0.972. The molecular formula is C16H22N2O3. The molecule has 0 bridgehead atoms. The molecule has 0 amide bonds. The van der Waals surface area contributed by atoms with Crippen LogP contribution in [0.1, 0.15) is 36.2 Å². The highest BCUT2D eigenvalue weighted by atomic mass is 16.4. The largest absolute Gasteiger partial charge is 0.481 e. The average Bonchev–Trinajstić information content (AvgIpc) is 2.81. The van der Waals surface area contributed by atoms with Gasteiger partial charge in [-0.2, -0.15) is 0 Å². The standard InChI is InChI=1S/C16H22N2O3/c1-10-8-13-9-12(4-5-14(13)17-10)16(21)11(2)18(3)7-6-15(19)20/h4-5,9-11,17H,6-8H2,1-3H3,(H,19,20). The van der Waals surface area contributed by atoms with Crippen molar-refractivity contribution in [2.24, 2.45) is 0 Å². The van der Waals surface area contributed by atoms with E-state index in [1.807, 2.05) is 25.1 Å². The molecule has 1 aromatic rings. The molecule has 21 heavy (non-hydrogen) atoms. The molecule has 5 heteroatoms. The van der Waals surface area contributed by atoms with Crippen LogP contribution in [-0.2, 0) is 11.2 Å². The highest BCUT2D eigenvalue weighted by Gasteiger charge is 2.23. The normalized spacial score (nSPS) is 18.2. The molecule has 0 radical (unpaired) electrons. The van der Waals surface area contributed by atoms with E-state index in [0.717, 1.165) is 12.1 Å². The molecule has 2 atom stereocenters. The van der Waals surface area contributed by atoms with Gasteiger partial charge in [0.05, 0.1) is 12.5 Å². The number of nitrogens with one attached hydrogen (secondary N) is 1. The van der Waals surface area contributed by atoms with E-state index in [0.29, 0.717) is 18.2 Å². The number of benzene rings is 1. The number of carboxylic acids is 1. The Bertz CT molecular complexity index is 556. The third-order valence-corrected chi connectivity index (χ3v) is 4.04. The minimum Gasteiger partial charge on any atom is -0.481 e. The molecule has 114 valence electrons. The number of carbonyl (C=O) groups excluding carboxylic acids is 1. The van der Waals surface area contributed by atoms with E-state index in [9.17, 15) is 9.59 Å². The van der Waals surface area contributed by atoms with Crippen molar-refractivity contribution in [3.05, 3.63) is 29.3 Å². The van der Waals surface area contributed by atoms with E-state index in [-0.39, 0.29) is 18.2 Å². The third-order valence-electron chi connectivity index (χ3n) is 4.04. The van der Waals surface area contributed by atoms with Crippen molar-refractivity contribution in [1.82, 2.24) is 4.90 Å². The van der Waals surface area contributed by atoms with Gasteiger partial charge in [-0.15, -0.1) is 0 Å². The number of carbonyl (C=O) groups is 2. The number of aliphatic carboxylic acids is 1. The van der Waals surface area contributed by atoms with Crippen molar-refractivity contribution in [3.8, 4) is 0 Å². The number of ketones is 1. The van der Waals surface area contributed by atoms with Crippen LogP contribution in [0.3, 0.4) is 0 Å². The van der Waals surface area contributed by atoms with Gasteiger partial charge in [-0.3, -0.25) is 14.5 Å². The zero-order valence-corrected chi connectivity index (χ0v) is 12.7. The van der Waals surface area contributed by atoms with Crippen LogP contribution < -0.4 is 5.32 Å². The average molecular weight is 290 g/mol. The monoisotopic (exact) mass is 290 g/mol. The number of Topliss-reactive ketones (excluding diaryl/α,β-unsaturated/α-hetero) is 1. The summed E-state index contributed by atoms with van der Waals surface area (Å²) in [6.45, 7) is 4.30. The molecule has 0 saturated heterocycles. The summed E-state index contributed by atoms with van der Waals surface area (Å²) >= 11 is 0. The molecule has 5 nitrogen and oxygen atoms in total. The van der Waals surface area contributed by atoms with Gasteiger partial charge in [0.15, 0.2) is 5.78 Å². The van der Waals surface area contributed by atoms with Crippen molar-refractivity contribution in [2.75, 3.05) is 18.9 Å². The predicted octanol–water partition coefficient (Wildman–Crippen LogP) is 2.02. The third kappa shape index (κ3) is 3.61. The first-order valence-corrected chi connectivity index (χ1v) is 7.24. The Morgan fingerprint density at radius 2 is 2.19 bits per heavy atom. The topological polar surface area (TPSA) is 69.6 Å². The van der Waals surface area contributed by atoms with Crippen LogP contribution in [-0.4, -0.2) is 47.4 Å². The highest BCUT2D eigenvalue weighted by Crippen LogP contribution is 2.27. The summed E-state index contributed by atoms with van der Waals surface area (Å²) in [4.78, 5) is 24.9. The number of hydrogen-bond acceptors (Lipinski definition) is 4. The van der Waals surface area contributed by atoms with Crippen molar-refractivity contribution >= 4 is 17.4 Å². The number of rotatable bonds is 6. The summed E-state index contributed by atoms with van der Waals surface area (Å²) in [5, 5.41) is 12.1. The Balaban J connectivity index is 2.06. The molecule has 0 fully saturated rings. The number of hydrogen-bond donors (Lipinski definition) is 2. The first-order chi connectivity index (χ1) is 9.88. The first-order valence-electron chi connectivity index (χ1n) is 7.24. The molecule has 2 N–H and O–H groups in total. The fourth-order valence-electron chi connectivity index (χ4n) is 2.61. The van der Waals surface area contributed by atoms with Gasteiger partial charge in [0.2, 0.25) is 0 Å². The van der Waals surface area contributed by atoms with Crippen LogP contribution in [0.2, 0.25) is 0 Å². The Morgan fingerprint density at radius 1 is 1.48 bits per heavy atom. The van der Waals surface area contributed by atoms with Gasteiger partial charge in [0.25, 0.3) is 0 Å². The van der Waals surface area contributed by atoms with Gasteiger partial charge in [0.1, 0.15) is 0 Å². The zero-order valence-electron chi connectivity index (χ0n) is 12.7. The quantitative estimate of drug-likeness (QED) is 0.784. The zero-order chi connectivity index (χ0) is 15.6. The minimum absolute atomic E-state index is 0.0326. The summed E-state index contributed by atoms with van der Waals surface area (Å²) in [5.74, 6) is -0.815. The van der Waals surface area contributed by atoms with Gasteiger partial charge in [-0.1, -0.05) is 0 Å². The van der Waals surface area contributed by atoms with Crippen molar-refractivity contribution in [1.29, 1.82) is 0 Å². The molecule has 0 aromatic heterocycles. The van der Waals surface area contributed by atoms with E-state index in [1.165, 1.54) is 5.56 Å². The summed E-state index contributed by atoms with van der Waals surface area (Å²) in [6, 6.07) is 5.83. The number of anilines is 1. The van der Waals surface area contributed by atoms with Gasteiger partial charge in [0, 0.05) is 23.8 Å². The second-order valence-electron chi connectivity index (χ2n) is 5.79. The second kappa shape index (κ2) is 6.26. The lowest BCUT2D eigenvalue weighted by Gasteiger charge is -2.23. The molecule has 1 aliphatic heterocycles. The fraction of sp³-hybridized carbons (Fsp3) is 0.500. The first kappa shape index (κ1) is 15.5. The lowest BCUT2D eigenvalue weighted by Crippen LogP contribution is -2.37. The SMILES string of the molecule is CC1Cc2cc(C(=O)C(C)N(C)CCC(=O)O)ccc2N1. The fourth-order valence-corrected chi connectivity index (χ4v) is 2.61. The summed E-state index contributed by atoms with van der Waals surface area (Å²) in [5.41, 5.74) is 2.97. The Labute approximate surface area is 125 Å². The molecule has 2 unspecified atom stereocenters. The Morgan fingerprint density at radius 3 is 2.86 bits per heavy atom. The van der Waals surface area contributed by atoms with Crippen LogP contribution in [0.5, 0.6) is 0 Å². The van der Waals surface area contributed by atoms with Crippen LogP contribution >= 0.6 is 0 Å². The minimum atomic E-state index is -0.848. The number of nitrogens with zero attached hydrogens (tertiary/aromatic N) is 1. The summed E-state index contributed by atoms with van der Waals surface area (Å²) < 4.78 is 0. The van der Waals surface area contributed by atoms with E-state index in [4.69, 9.17) is 5.11 Å². The van der Waals surface area contributed by atoms with Crippen molar-refractivity contribution in [2.45, 2.75) is 38.8 Å². The van der Waals surface area contributed by atoms with E-state index >= 15 is 0 Å². The van der Waals surface area contributed by atoms with Crippen molar-refractivity contribution < 1.29 is 14.7 Å². The number of likely N-dealkylation sites (N-methyl/N-ethyl adjacent to an activating group) is 1. The maximum atomic E-state index is 12.5. The molecular weight excluding hydrogens is 268 g/mol. The molecule has 1 aromatic carbocycles. The number of carboxylic acid groups (broad SMARTS) is 1. The number of fused-ring (bicyclic) bond motifs is 1. The molecule has 0 spiro atoms. The molecule has 2 rings (SSSR count). The van der Waals surface area contributed by atoms with Crippen LogP contribution in [0.25, 0.3) is 0 Å². The Hall–Kier alpha value is -1.88. The van der Waals surface area contributed by atoms with Gasteiger partial charge in [-0.05, 0) is 51.1 Å². The van der Waals surface area contributed by atoms with Crippen LogP contribution in [0.15, 0.2) is 18.2 Å². The summed E-state index contributed by atoms with van der Waals surface area (Å²) in [7, 11) is 1.78. The maximum absolute atomic E-state index is 12.5. The highest BCUT2D eigenvalue weighted by molar-refractivity contribution is 6.00. The molecule has 0 aliphatic carbocycles. The lowest BCUT2D eigenvalue weighted by atomic mass is 10.00. The van der Waals surface area contributed by atoms with E-state index < -0.39 is 5.97 Å². The second-order valence-corrected chi connectivity index (χ2v) is 5.79. The van der Waals surface area contributed by atoms with Gasteiger partial charge < -0.3 is 10.4 Å². The lowest BCUT2D eigenvalue weighted by molar-refractivity contribution is -0.137. The van der Waals surface area contributed by atoms with Gasteiger partial charge >= 0.3 is 5.97 Å². The Kier molecular flexibility index (Phi) is 4.63. The van der Waals surface area contributed by atoms with Crippen LogP contribution in [0.4, 0.5) is 5.69 Å². The van der Waals surface area contributed by atoms with Gasteiger partial charge in [-0.25, -0.2) is 0 Å². The van der Waals surface area contributed by atoms with E-state index in [1.54, 1.807) is 11.9 Å². The van der Waals surface area contributed by atoms with Crippen molar-refractivity contribution in [3.63, 3.8) is 0 Å². The molecule has 1 aliphatic rings. The molecule has 0 saturated carbocycles. The molecule has 1 heterocycles.